The summed E-state index contributed by atoms with van der Waals surface area (Å²) in [5, 5.41) is 23.3. The second kappa shape index (κ2) is 9.50. The SMILES string of the molecule is CN(C)[C@@H]1C(=O)C(C(N)=O)C(=O)[C@@]2(O)C(=O)C3C(=O)c4c(c(F)c5ccc(CN6CCCC6)cc5c4O)C[C@H]3C[C@@H]12. The maximum Gasteiger partial charge on any atom is 0.235 e. The van der Waals surface area contributed by atoms with Crippen LogP contribution in [-0.4, -0.2) is 87.9 Å². The van der Waals surface area contributed by atoms with E-state index in [4.69, 9.17) is 5.73 Å². The standard InChI is InChI=1S/C30H32FN3O7/c1-33(2)23-18-11-14-10-17-20(25(36)19(14)27(38)30(18,41)28(39)21(26(23)37)29(32)40)24(35)16-9-13(5-6-15(16)22(17)31)12-34-7-3-4-8-34/h5-6,9,14,18-19,21,23,35,41H,3-4,7-8,10-12H2,1-2H3,(H2,32,40)/t14-,18-,19?,21?,23-,30-/m0/s1. The number of phenols is 1. The molecule has 41 heavy (non-hydrogen) atoms. The molecule has 0 bridgehead atoms. The van der Waals surface area contributed by atoms with E-state index in [1.807, 2.05) is 0 Å². The number of fused-ring (bicyclic) bond motifs is 4. The van der Waals surface area contributed by atoms with Crippen molar-refractivity contribution in [2.45, 2.75) is 43.9 Å². The van der Waals surface area contributed by atoms with Crippen molar-refractivity contribution >= 4 is 39.8 Å². The van der Waals surface area contributed by atoms with E-state index in [0.717, 1.165) is 31.5 Å². The summed E-state index contributed by atoms with van der Waals surface area (Å²) >= 11 is 0. The maximum absolute atomic E-state index is 16.0. The molecule has 1 aliphatic heterocycles. The topological polar surface area (TPSA) is 158 Å². The van der Waals surface area contributed by atoms with Gasteiger partial charge in [-0.15, -0.1) is 0 Å². The van der Waals surface area contributed by atoms with Crippen LogP contribution in [0.5, 0.6) is 5.75 Å². The van der Waals surface area contributed by atoms with Crippen LogP contribution in [0.4, 0.5) is 4.39 Å². The third-order valence-electron chi connectivity index (χ3n) is 9.64. The van der Waals surface area contributed by atoms with Crippen molar-refractivity contribution in [1.29, 1.82) is 0 Å². The summed E-state index contributed by atoms with van der Waals surface area (Å²) in [6.07, 6.45) is 1.93. The molecule has 1 heterocycles. The summed E-state index contributed by atoms with van der Waals surface area (Å²) in [4.78, 5) is 70.2. The van der Waals surface area contributed by atoms with Crippen LogP contribution in [-0.2, 0) is 32.1 Å². The molecule has 3 fully saturated rings. The molecule has 2 aromatic carbocycles. The van der Waals surface area contributed by atoms with E-state index in [0.29, 0.717) is 6.54 Å². The summed E-state index contributed by atoms with van der Waals surface area (Å²) in [6.45, 7) is 2.48. The van der Waals surface area contributed by atoms with Crippen molar-refractivity contribution < 1.29 is 38.6 Å². The number of hydrogen-bond acceptors (Lipinski definition) is 9. The largest absolute Gasteiger partial charge is 0.507 e. The number of primary amides is 1. The Labute approximate surface area is 235 Å². The summed E-state index contributed by atoms with van der Waals surface area (Å²) in [5.74, 6) is -12.3. The smallest absolute Gasteiger partial charge is 0.235 e. The Morgan fingerprint density at radius 3 is 2.44 bits per heavy atom. The quantitative estimate of drug-likeness (QED) is 0.455. The van der Waals surface area contributed by atoms with Crippen molar-refractivity contribution in [3.8, 4) is 5.75 Å². The second-order valence-corrected chi connectivity index (χ2v) is 12.2. The van der Waals surface area contributed by atoms with Gasteiger partial charge in [-0.25, -0.2) is 4.39 Å². The highest BCUT2D eigenvalue weighted by Gasteiger charge is 2.69. The molecule has 6 rings (SSSR count). The van der Waals surface area contributed by atoms with Gasteiger partial charge < -0.3 is 15.9 Å². The normalized spacial score (nSPS) is 31.9. The van der Waals surface area contributed by atoms with E-state index in [1.165, 1.54) is 19.0 Å². The van der Waals surface area contributed by atoms with Gasteiger partial charge >= 0.3 is 0 Å². The van der Waals surface area contributed by atoms with Crippen LogP contribution in [0.15, 0.2) is 18.2 Å². The van der Waals surface area contributed by atoms with E-state index in [1.54, 1.807) is 18.2 Å². The van der Waals surface area contributed by atoms with Gasteiger partial charge in [-0.05, 0) is 70.4 Å². The van der Waals surface area contributed by atoms with E-state index in [9.17, 15) is 34.2 Å². The van der Waals surface area contributed by atoms with E-state index < -0.39 is 75.9 Å². The monoisotopic (exact) mass is 565 g/mol. The molecule has 1 amide bonds. The highest BCUT2D eigenvalue weighted by Crippen LogP contribution is 2.52. The molecule has 4 N–H and O–H groups in total. The molecule has 10 nitrogen and oxygen atoms in total. The number of carbonyl (C=O) groups is 5. The Morgan fingerprint density at radius 1 is 1.12 bits per heavy atom. The number of aromatic hydroxyl groups is 1. The number of aliphatic hydroxyl groups is 1. The number of nitrogens with two attached hydrogens (primary N) is 1. The Hall–Kier alpha value is -3.54. The molecule has 4 aliphatic rings. The number of benzene rings is 2. The van der Waals surface area contributed by atoms with Crippen molar-refractivity contribution in [3.63, 3.8) is 0 Å². The van der Waals surface area contributed by atoms with Crippen LogP contribution in [0.3, 0.4) is 0 Å². The number of amides is 1. The van der Waals surface area contributed by atoms with Crippen molar-refractivity contribution in [2.24, 2.45) is 29.4 Å². The molecule has 0 spiro atoms. The number of nitrogens with zero attached hydrogens (tertiary/aromatic N) is 2. The van der Waals surface area contributed by atoms with Gasteiger partial charge in [0.15, 0.2) is 34.7 Å². The van der Waals surface area contributed by atoms with Gasteiger partial charge in [0.05, 0.1) is 17.5 Å². The molecule has 2 unspecified atom stereocenters. The minimum Gasteiger partial charge on any atom is -0.507 e. The van der Waals surface area contributed by atoms with Gasteiger partial charge in [-0.3, -0.25) is 33.8 Å². The average molecular weight is 566 g/mol. The molecular formula is C30H32FN3O7. The van der Waals surface area contributed by atoms with Crippen molar-refractivity contribution in [2.75, 3.05) is 27.2 Å². The summed E-state index contributed by atoms with van der Waals surface area (Å²) in [7, 11) is 3.02. The van der Waals surface area contributed by atoms with Crippen molar-refractivity contribution in [3.05, 3.63) is 40.7 Å². The van der Waals surface area contributed by atoms with Gasteiger partial charge in [0, 0.05) is 28.8 Å². The maximum atomic E-state index is 16.0. The van der Waals surface area contributed by atoms with Crippen LogP contribution < -0.4 is 5.73 Å². The number of likely N-dealkylation sites (tertiary alicyclic amines) is 1. The van der Waals surface area contributed by atoms with E-state index in [2.05, 4.69) is 4.90 Å². The zero-order valence-electron chi connectivity index (χ0n) is 22.9. The van der Waals surface area contributed by atoms with Gasteiger partial charge in [0.25, 0.3) is 0 Å². The molecule has 0 aromatic heterocycles. The van der Waals surface area contributed by atoms with Crippen LogP contribution in [0.25, 0.3) is 10.8 Å². The Morgan fingerprint density at radius 2 is 1.80 bits per heavy atom. The summed E-state index contributed by atoms with van der Waals surface area (Å²) in [5.41, 5.74) is 3.01. The Balaban J connectivity index is 1.45. The first-order valence-corrected chi connectivity index (χ1v) is 13.9. The molecule has 3 aliphatic carbocycles. The van der Waals surface area contributed by atoms with Gasteiger partial charge in [0.1, 0.15) is 11.6 Å². The fourth-order valence-electron chi connectivity index (χ4n) is 7.77. The van der Waals surface area contributed by atoms with Crippen LogP contribution in [0.2, 0.25) is 0 Å². The minimum atomic E-state index is -2.81. The van der Waals surface area contributed by atoms with E-state index in [-0.39, 0.29) is 34.7 Å². The van der Waals surface area contributed by atoms with E-state index >= 15 is 4.39 Å². The third-order valence-corrected chi connectivity index (χ3v) is 9.64. The fraction of sp³-hybridized carbons (Fsp3) is 0.500. The first-order chi connectivity index (χ1) is 19.4. The molecule has 216 valence electrons. The zero-order valence-corrected chi connectivity index (χ0v) is 22.9. The third kappa shape index (κ3) is 3.82. The highest BCUT2D eigenvalue weighted by molar-refractivity contribution is 6.32. The number of phenolic OH excluding ortho intramolecular Hbond substituents is 1. The Bertz CT molecular complexity index is 1550. The number of Topliss-reactive ketones (excluding diaryl/α,β-unsaturated/α-hetero) is 4. The van der Waals surface area contributed by atoms with Crippen LogP contribution >= 0.6 is 0 Å². The first-order valence-electron chi connectivity index (χ1n) is 13.9. The lowest BCUT2D eigenvalue weighted by molar-refractivity contribution is -0.181. The lowest BCUT2D eigenvalue weighted by Crippen LogP contribution is -2.74. The Kier molecular flexibility index (Phi) is 6.40. The molecule has 0 radical (unpaired) electrons. The lowest BCUT2D eigenvalue weighted by atomic mass is 9.52. The predicted octanol–water partition coefficient (Wildman–Crippen LogP) is 0.755. The second-order valence-electron chi connectivity index (χ2n) is 12.2. The van der Waals surface area contributed by atoms with Gasteiger partial charge in [-0.2, -0.15) is 0 Å². The van der Waals surface area contributed by atoms with Gasteiger partial charge in [-0.1, -0.05) is 12.1 Å². The highest BCUT2D eigenvalue weighted by atomic mass is 19.1. The molecule has 6 atom stereocenters. The average Bonchev–Trinajstić information content (AvgIpc) is 3.42. The molecular weight excluding hydrogens is 533 g/mol. The van der Waals surface area contributed by atoms with Crippen LogP contribution in [0, 0.1) is 29.5 Å². The number of hydrogen-bond donors (Lipinski definition) is 3. The number of carbonyl (C=O) groups excluding carboxylic acids is 5. The molecule has 1 saturated heterocycles. The molecule has 2 aromatic rings. The van der Waals surface area contributed by atoms with Crippen LogP contribution in [0.1, 0.15) is 40.7 Å². The zero-order chi connectivity index (χ0) is 29.5. The fourth-order valence-corrected chi connectivity index (χ4v) is 7.77. The number of ketones is 4. The summed E-state index contributed by atoms with van der Waals surface area (Å²) in [6, 6.07) is 3.82. The number of likely N-dealkylation sites (N-methyl/N-ethyl adjacent to an activating group) is 1. The number of rotatable bonds is 4. The number of halogens is 1. The minimum absolute atomic E-state index is 0.0309. The molecule has 2 saturated carbocycles. The van der Waals surface area contributed by atoms with Gasteiger partial charge in [0.2, 0.25) is 5.91 Å². The van der Waals surface area contributed by atoms with Crippen molar-refractivity contribution in [1.82, 2.24) is 9.80 Å². The molecule has 11 heteroatoms. The summed E-state index contributed by atoms with van der Waals surface area (Å²) < 4.78 is 16.0. The lowest BCUT2D eigenvalue weighted by Gasteiger charge is -2.52. The first kappa shape index (κ1) is 27.6. The predicted molar refractivity (Wildman–Crippen MR) is 143 cm³/mol.